The second-order valence-electron chi connectivity index (χ2n) is 10.0. The fraction of sp³-hybridized carbons (Fsp3) is 0.864. The first-order valence-corrected chi connectivity index (χ1v) is 10.1. The van der Waals surface area contributed by atoms with Gasteiger partial charge >= 0.3 is 5.97 Å². The second-order valence-corrected chi connectivity index (χ2v) is 10.0. The predicted molar refractivity (Wildman–Crippen MR) is 99.8 cm³/mol. The van der Waals surface area contributed by atoms with Crippen LogP contribution in [0.5, 0.6) is 0 Å². The minimum Gasteiger partial charge on any atom is -0.432 e. The van der Waals surface area contributed by atoms with E-state index in [1.807, 2.05) is 0 Å². The first-order valence-electron chi connectivity index (χ1n) is 10.1. The number of carbonyl (C=O) groups excluding carboxylic acids is 1. The van der Waals surface area contributed by atoms with Crippen LogP contribution >= 0.6 is 0 Å². The maximum absolute atomic E-state index is 12.2. The van der Waals surface area contributed by atoms with Crippen molar-refractivity contribution in [1.82, 2.24) is 0 Å². The zero-order chi connectivity index (χ0) is 18.6. The molecule has 3 aliphatic carbocycles. The molecule has 3 heteroatoms. The van der Waals surface area contributed by atoms with Crippen molar-refractivity contribution in [2.75, 3.05) is 0 Å². The molecule has 6 unspecified atom stereocenters. The first kappa shape index (κ1) is 18.9. The van der Waals surface area contributed by atoms with Crippen LogP contribution in [-0.4, -0.2) is 18.4 Å². The fourth-order valence-corrected chi connectivity index (χ4v) is 5.80. The fourth-order valence-electron chi connectivity index (χ4n) is 5.80. The topological polar surface area (TPSA) is 35.5 Å². The van der Waals surface area contributed by atoms with Gasteiger partial charge in [0.15, 0.2) is 0 Å². The third kappa shape index (κ3) is 3.07. The van der Waals surface area contributed by atoms with Crippen molar-refractivity contribution >= 4 is 5.97 Å². The summed E-state index contributed by atoms with van der Waals surface area (Å²) in [6.45, 7) is 16.5. The molecule has 0 saturated heterocycles. The molecule has 0 aromatic heterocycles. The van der Waals surface area contributed by atoms with Gasteiger partial charge in [-0.15, -0.1) is 0 Å². The van der Waals surface area contributed by atoms with Crippen LogP contribution in [0, 0.1) is 34.5 Å². The van der Waals surface area contributed by atoms with E-state index < -0.39 is 6.29 Å². The van der Waals surface area contributed by atoms with Gasteiger partial charge in [0, 0.05) is 11.0 Å². The molecule has 3 fully saturated rings. The molecular weight excluding hydrogens is 312 g/mol. The lowest BCUT2D eigenvalue weighted by Gasteiger charge is -2.46. The zero-order valence-corrected chi connectivity index (χ0v) is 16.9. The van der Waals surface area contributed by atoms with Gasteiger partial charge in [-0.3, -0.25) is 0 Å². The highest BCUT2D eigenvalue weighted by atomic mass is 16.7. The van der Waals surface area contributed by atoms with Crippen molar-refractivity contribution in [3.8, 4) is 0 Å². The Morgan fingerprint density at radius 2 is 1.88 bits per heavy atom. The van der Waals surface area contributed by atoms with Crippen molar-refractivity contribution in [1.29, 1.82) is 0 Å². The molecule has 3 nitrogen and oxygen atoms in total. The summed E-state index contributed by atoms with van der Waals surface area (Å²) in [6.07, 6.45) is 6.00. The molecule has 0 N–H and O–H groups in total. The summed E-state index contributed by atoms with van der Waals surface area (Å²) in [4.78, 5) is 12.2. The highest BCUT2D eigenvalue weighted by molar-refractivity contribution is 5.87. The van der Waals surface area contributed by atoms with E-state index in [2.05, 4.69) is 41.2 Å². The van der Waals surface area contributed by atoms with Crippen LogP contribution in [-0.2, 0) is 14.3 Å². The first-order chi connectivity index (χ1) is 11.6. The molecule has 0 heterocycles. The molecule has 0 aromatic carbocycles. The third-order valence-corrected chi connectivity index (χ3v) is 7.68. The van der Waals surface area contributed by atoms with E-state index in [1.165, 1.54) is 25.7 Å². The number of fused-ring (bicyclic) bond motifs is 5. The number of hydrogen-bond donors (Lipinski definition) is 0. The van der Waals surface area contributed by atoms with Gasteiger partial charge in [-0.05, 0) is 61.7 Å². The van der Waals surface area contributed by atoms with Crippen molar-refractivity contribution in [3.05, 3.63) is 12.2 Å². The van der Waals surface area contributed by atoms with Crippen LogP contribution in [0.15, 0.2) is 12.2 Å². The van der Waals surface area contributed by atoms with Crippen LogP contribution < -0.4 is 0 Å². The standard InChI is InChI=1S/C22H36O3/c1-8-21(4,5)20(25-19(23)13(2)3)24-18-16-12-17(22(18,6)7)15-11-9-10-14(15)16/h14-18,20H,2,8-12H2,1,3-7H3. The van der Waals surface area contributed by atoms with Gasteiger partial charge in [-0.1, -0.05) is 47.6 Å². The predicted octanol–water partition coefficient (Wildman–Crippen LogP) is 5.35. The average Bonchev–Trinajstić information content (AvgIpc) is 3.18. The van der Waals surface area contributed by atoms with E-state index in [0.29, 0.717) is 11.5 Å². The van der Waals surface area contributed by atoms with E-state index in [4.69, 9.17) is 9.47 Å². The lowest BCUT2D eigenvalue weighted by atomic mass is 9.66. The van der Waals surface area contributed by atoms with Gasteiger partial charge in [-0.25, -0.2) is 4.79 Å². The minimum atomic E-state index is -0.509. The Hall–Kier alpha value is -0.830. The number of esters is 1. The Bertz CT molecular complexity index is 547. The smallest absolute Gasteiger partial charge is 0.335 e. The monoisotopic (exact) mass is 348 g/mol. The highest BCUT2D eigenvalue weighted by Crippen LogP contribution is 2.66. The maximum atomic E-state index is 12.2. The molecule has 0 aliphatic heterocycles. The van der Waals surface area contributed by atoms with E-state index >= 15 is 0 Å². The summed E-state index contributed by atoms with van der Waals surface area (Å²) in [7, 11) is 0. The van der Waals surface area contributed by atoms with Gasteiger partial charge in [0.2, 0.25) is 6.29 Å². The van der Waals surface area contributed by atoms with E-state index in [-0.39, 0.29) is 22.9 Å². The Morgan fingerprint density at radius 3 is 2.48 bits per heavy atom. The van der Waals surface area contributed by atoms with Crippen LogP contribution in [0.2, 0.25) is 0 Å². The average molecular weight is 349 g/mol. The quantitative estimate of drug-likeness (QED) is 0.369. The third-order valence-electron chi connectivity index (χ3n) is 7.68. The maximum Gasteiger partial charge on any atom is 0.335 e. The Labute approximate surface area is 153 Å². The molecule has 0 amide bonds. The van der Waals surface area contributed by atoms with Crippen molar-refractivity contribution < 1.29 is 14.3 Å². The van der Waals surface area contributed by atoms with Crippen molar-refractivity contribution in [2.24, 2.45) is 34.5 Å². The van der Waals surface area contributed by atoms with Gasteiger partial charge in [0.05, 0.1) is 6.10 Å². The molecular formula is C22H36O3. The number of carbonyl (C=O) groups is 1. The van der Waals surface area contributed by atoms with Crippen LogP contribution in [0.25, 0.3) is 0 Å². The Kier molecular flexibility index (Phi) is 4.85. The molecule has 0 radical (unpaired) electrons. The van der Waals surface area contributed by atoms with E-state index in [0.717, 1.165) is 24.2 Å². The van der Waals surface area contributed by atoms with Crippen molar-refractivity contribution in [2.45, 2.75) is 86.0 Å². The molecule has 3 saturated carbocycles. The molecule has 0 aromatic rings. The summed E-state index contributed by atoms with van der Waals surface area (Å²) in [6, 6.07) is 0. The van der Waals surface area contributed by atoms with Crippen LogP contribution in [0.1, 0.15) is 73.6 Å². The Balaban J connectivity index is 1.81. The second kappa shape index (κ2) is 6.40. The molecule has 0 spiro atoms. The summed E-state index contributed by atoms with van der Waals surface area (Å²) >= 11 is 0. The summed E-state index contributed by atoms with van der Waals surface area (Å²) < 4.78 is 12.4. The van der Waals surface area contributed by atoms with Gasteiger partial charge in [-0.2, -0.15) is 0 Å². The normalized spacial score (nSPS) is 37.0. The van der Waals surface area contributed by atoms with Crippen molar-refractivity contribution in [3.63, 3.8) is 0 Å². The van der Waals surface area contributed by atoms with E-state index in [9.17, 15) is 4.79 Å². The summed E-state index contributed by atoms with van der Waals surface area (Å²) in [5.41, 5.74) is 0.384. The molecule has 3 rings (SSSR count). The van der Waals surface area contributed by atoms with Gasteiger partial charge in [0.25, 0.3) is 0 Å². The lowest BCUT2D eigenvalue weighted by molar-refractivity contribution is -0.245. The molecule has 2 bridgehead atoms. The zero-order valence-electron chi connectivity index (χ0n) is 16.9. The van der Waals surface area contributed by atoms with E-state index in [1.54, 1.807) is 6.92 Å². The molecule has 6 atom stereocenters. The lowest BCUT2D eigenvalue weighted by Crippen LogP contribution is -2.49. The molecule has 3 aliphatic rings. The molecule has 25 heavy (non-hydrogen) atoms. The van der Waals surface area contributed by atoms with Crippen LogP contribution in [0.3, 0.4) is 0 Å². The van der Waals surface area contributed by atoms with Crippen LogP contribution in [0.4, 0.5) is 0 Å². The minimum absolute atomic E-state index is 0.161. The number of ether oxygens (including phenoxy) is 2. The largest absolute Gasteiger partial charge is 0.432 e. The van der Waals surface area contributed by atoms with Gasteiger partial charge in [0.1, 0.15) is 0 Å². The Morgan fingerprint density at radius 1 is 1.24 bits per heavy atom. The summed E-state index contributed by atoms with van der Waals surface area (Å²) in [5, 5.41) is 0. The molecule has 142 valence electrons. The highest BCUT2D eigenvalue weighted by Gasteiger charge is 2.63. The number of hydrogen-bond acceptors (Lipinski definition) is 3. The van der Waals surface area contributed by atoms with Gasteiger partial charge < -0.3 is 9.47 Å². The summed E-state index contributed by atoms with van der Waals surface area (Å²) in [5.74, 6) is 2.77. The number of rotatable bonds is 6. The SMILES string of the molecule is C=C(C)C(=O)OC(OC1C2CC(C3CCCC32)C1(C)C)C(C)(C)CC.